The third-order valence-corrected chi connectivity index (χ3v) is 5.98. The molecule has 140 valence electrons. The summed E-state index contributed by atoms with van der Waals surface area (Å²) in [4.78, 5) is 25.2. The Balaban J connectivity index is 1.47. The molecule has 5 nitrogen and oxygen atoms in total. The van der Waals surface area contributed by atoms with E-state index in [1.807, 2.05) is 53.6 Å². The Bertz CT molecular complexity index is 924. The molecule has 0 bridgehead atoms. The lowest BCUT2D eigenvalue weighted by molar-refractivity contribution is -0.127. The monoisotopic (exact) mass is 380 g/mol. The zero-order valence-corrected chi connectivity index (χ0v) is 16.4. The van der Waals surface area contributed by atoms with Crippen LogP contribution < -0.4 is 0 Å². The molecule has 27 heavy (non-hydrogen) atoms. The van der Waals surface area contributed by atoms with Crippen LogP contribution in [0.4, 0.5) is 0 Å². The highest BCUT2D eigenvalue weighted by Crippen LogP contribution is 2.28. The first-order valence-corrected chi connectivity index (χ1v) is 10.5. The minimum Gasteiger partial charge on any atom is -0.340 e. The molecule has 6 heteroatoms. The van der Waals surface area contributed by atoms with Gasteiger partial charge in [0.25, 0.3) is 0 Å². The number of nitrogens with zero attached hydrogens (tertiary/aromatic N) is 4. The van der Waals surface area contributed by atoms with Crippen molar-refractivity contribution >= 4 is 28.8 Å². The molecule has 1 fully saturated rings. The Morgan fingerprint density at radius 3 is 2.89 bits per heavy atom. The summed E-state index contributed by atoms with van der Waals surface area (Å²) < 4.78 is 2.27. The van der Waals surface area contributed by atoms with Crippen LogP contribution in [0, 0.1) is 0 Å². The highest BCUT2D eigenvalue weighted by atomic mass is 32.2. The first kappa shape index (κ1) is 18.0. The fourth-order valence-corrected chi connectivity index (χ4v) is 4.51. The molecular weight excluding hydrogens is 356 g/mol. The molecule has 0 saturated carbocycles. The number of likely N-dealkylation sites (tertiary alicyclic amines) is 1. The van der Waals surface area contributed by atoms with Gasteiger partial charge in [-0.15, -0.1) is 11.8 Å². The maximum atomic E-state index is 12.7. The molecule has 1 aliphatic rings. The first-order valence-electron chi connectivity index (χ1n) is 9.53. The van der Waals surface area contributed by atoms with Gasteiger partial charge in [0, 0.05) is 30.6 Å². The van der Waals surface area contributed by atoms with Crippen molar-refractivity contribution in [2.75, 3.05) is 18.8 Å². The zero-order valence-electron chi connectivity index (χ0n) is 15.5. The van der Waals surface area contributed by atoms with Crippen LogP contribution in [0.15, 0.2) is 53.6 Å². The van der Waals surface area contributed by atoms with E-state index >= 15 is 0 Å². The van der Waals surface area contributed by atoms with Gasteiger partial charge in [-0.25, -0.2) is 9.97 Å². The second-order valence-corrected chi connectivity index (χ2v) is 7.93. The standard InChI is InChI=1S/C21H24N4OS/c1-2-7-19-23-18-10-6-12-22-21(18)25(19)16-11-13-24(14-16)20(26)15-27-17-8-4-3-5-9-17/h3-6,8-10,12,16H,2,7,11,13-15H2,1H3/t16-/m0/s1. The summed E-state index contributed by atoms with van der Waals surface area (Å²) >= 11 is 1.61. The molecule has 1 aromatic carbocycles. The Morgan fingerprint density at radius 2 is 2.07 bits per heavy atom. The van der Waals surface area contributed by atoms with Crippen LogP contribution in [-0.4, -0.2) is 44.2 Å². The topological polar surface area (TPSA) is 51.0 Å². The van der Waals surface area contributed by atoms with Crippen LogP contribution in [-0.2, 0) is 11.2 Å². The third-order valence-electron chi connectivity index (χ3n) is 4.98. The predicted molar refractivity (Wildman–Crippen MR) is 109 cm³/mol. The molecule has 0 aliphatic carbocycles. The fraction of sp³-hybridized carbons (Fsp3) is 0.381. The number of pyridine rings is 1. The van der Waals surface area contributed by atoms with Crippen molar-refractivity contribution in [1.29, 1.82) is 0 Å². The van der Waals surface area contributed by atoms with Crippen molar-refractivity contribution in [1.82, 2.24) is 19.4 Å². The van der Waals surface area contributed by atoms with E-state index in [0.29, 0.717) is 5.75 Å². The van der Waals surface area contributed by atoms with Crippen LogP contribution in [0.3, 0.4) is 0 Å². The molecule has 1 saturated heterocycles. The maximum Gasteiger partial charge on any atom is 0.233 e. The number of fused-ring (bicyclic) bond motifs is 1. The van der Waals surface area contributed by atoms with Gasteiger partial charge in [-0.1, -0.05) is 25.1 Å². The molecular formula is C21H24N4OS. The molecule has 0 spiro atoms. The van der Waals surface area contributed by atoms with Gasteiger partial charge in [-0.3, -0.25) is 4.79 Å². The van der Waals surface area contributed by atoms with E-state index in [1.54, 1.807) is 11.8 Å². The lowest BCUT2D eigenvalue weighted by Gasteiger charge is -2.18. The van der Waals surface area contributed by atoms with Crippen molar-refractivity contribution in [2.24, 2.45) is 0 Å². The number of aromatic nitrogens is 3. The van der Waals surface area contributed by atoms with Gasteiger partial charge in [-0.05, 0) is 37.1 Å². The van der Waals surface area contributed by atoms with Gasteiger partial charge in [0.1, 0.15) is 11.3 Å². The average Bonchev–Trinajstić information content (AvgIpc) is 3.31. The minimum absolute atomic E-state index is 0.209. The third kappa shape index (κ3) is 3.86. The Kier molecular flexibility index (Phi) is 5.43. The van der Waals surface area contributed by atoms with Gasteiger partial charge in [0.2, 0.25) is 5.91 Å². The van der Waals surface area contributed by atoms with E-state index in [2.05, 4.69) is 16.5 Å². The van der Waals surface area contributed by atoms with Crippen molar-refractivity contribution in [3.8, 4) is 0 Å². The number of carbonyl (C=O) groups is 1. The number of hydrogen-bond acceptors (Lipinski definition) is 4. The van der Waals surface area contributed by atoms with Gasteiger partial charge in [0.15, 0.2) is 5.65 Å². The van der Waals surface area contributed by atoms with Gasteiger partial charge < -0.3 is 9.47 Å². The molecule has 1 aliphatic heterocycles. The molecule has 1 atom stereocenters. The number of imidazole rings is 1. The molecule has 0 N–H and O–H groups in total. The second-order valence-electron chi connectivity index (χ2n) is 6.88. The van der Waals surface area contributed by atoms with E-state index in [1.165, 1.54) is 0 Å². The van der Waals surface area contributed by atoms with Crippen LogP contribution in [0.25, 0.3) is 11.2 Å². The van der Waals surface area contributed by atoms with E-state index in [0.717, 1.165) is 54.2 Å². The number of rotatable bonds is 6. The fourth-order valence-electron chi connectivity index (χ4n) is 3.69. The highest BCUT2D eigenvalue weighted by molar-refractivity contribution is 8.00. The summed E-state index contributed by atoms with van der Waals surface area (Å²) in [6.07, 6.45) is 4.77. The normalized spacial score (nSPS) is 16.9. The average molecular weight is 381 g/mol. The van der Waals surface area contributed by atoms with Crippen molar-refractivity contribution < 1.29 is 4.79 Å². The van der Waals surface area contributed by atoms with Gasteiger partial charge in [0.05, 0.1) is 11.8 Å². The number of thioether (sulfide) groups is 1. The molecule has 1 amide bonds. The summed E-state index contributed by atoms with van der Waals surface area (Å²) in [7, 11) is 0. The summed E-state index contributed by atoms with van der Waals surface area (Å²) in [6, 6.07) is 14.3. The van der Waals surface area contributed by atoms with Crippen LogP contribution in [0.5, 0.6) is 0 Å². The van der Waals surface area contributed by atoms with Crippen molar-refractivity contribution in [3.63, 3.8) is 0 Å². The molecule has 0 radical (unpaired) electrons. The molecule has 2 aromatic heterocycles. The quantitative estimate of drug-likeness (QED) is 0.608. The first-order chi connectivity index (χ1) is 13.3. The summed E-state index contributed by atoms with van der Waals surface area (Å²) in [5.74, 6) is 1.78. The summed E-state index contributed by atoms with van der Waals surface area (Å²) in [5, 5.41) is 0. The second kappa shape index (κ2) is 8.13. The van der Waals surface area contributed by atoms with E-state index in [-0.39, 0.29) is 11.9 Å². The Morgan fingerprint density at radius 1 is 1.22 bits per heavy atom. The zero-order chi connectivity index (χ0) is 18.6. The van der Waals surface area contributed by atoms with Crippen LogP contribution in [0.1, 0.15) is 31.6 Å². The number of benzene rings is 1. The number of aryl methyl sites for hydroxylation is 1. The van der Waals surface area contributed by atoms with Crippen LogP contribution in [0.2, 0.25) is 0 Å². The lowest BCUT2D eigenvalue weighted by atomic mass is 10.2. The predicted octanol–water partition coefficient (Wildman–Crippen LogP) is 3.95. The van der Waals surface area contributed by atoms with Crippen molar-refractivity contribution in [2.45, 2.75) is 37.1 Å². The van der Waals surface area contributed by atoms with E-state index < -0.39 is 0 Å². The molecule has 0 unspecified atom stereocenters. The van der Waals surface area contributed by atoms with E-state index in [9.17, 15) is 4.79 Å². The van der Waals surface area contributed by atoms with Gasteiger partial charge >= 0.3 is 0 Å². The number of hydrogen-bond donors (Lipinski definition) is 0. The largest absolute Gasteiger partial charge is 0.340 e. The van der Waals surface area contributed by atoms with Gasteiger partial charge in [-0.2, -0.15) is 0 Å². The van der Waals surface area contributed by atoms with Crippen molar-refractivity contribution in [3.05, 3.63) is 54.5 Å². The van der Waals surface area contributed by atoms with Crippen LogP contribution >= 0.6 is 11.8 Å². The molecule has 3 aromatic rings. The maximum absolute atomic E-state index is 12.7. The Hall–Kier alpha value is -2.34. The summed E-state index contributed by atoms with van der Waals surface area (Å²) in [6.45, 7) is 3.71. The minimum atomic E-state index is 0.209. The number of carbonyl (C=O) groups excluding carboxylic acids is 1. The number of amides is 1. The van der Waals surface area contributed by atoms with E-state index in [4.69, 9.17) is 4.98 Å². The Labute approximate surface area is 163 Å². The highest BCUT2D eigenvalue weighted by Gasteiger charge is 2.30. The SMILES string of the molecule is CCCc1nc2cccnc2n1[C@H]1CCN(C(=O)CSc2ccccc2)C1. The lowest BCUT2D eigenvalue weighted by Crippen LogP contribution is -2.30. The smallest absolute Gasteiger partial charge is 0.233 e. The summed E-state index contributed by atoms with van der Waals surface area (Å²) in [5.41, 5.74) is 1.89. The molecule has 4 rings (SSSR count). The molecule has 3 heterocycles.